The summed E-state index contributed by atoms with van der Waals surface area (Å²) in [4.78, 5) is 9.64. The average molecular weight is 164 g/mol. The van der Waals surface area contributed by atoms with Crippen molar-refractivity contribution < 1.29 is 9.90 Å². The first-order valence-electron chi connectivity index (χ1n) is 3.90. The lowest BCUT2D eigenvalue weighted by Gasteiger charge is -1.90. The summed E-state index contributed by atoms with van der Waals surface area (Å²) in [5.41, 5.74) is 4.90. The fourth-order valence-electron chi connectivity index (χ4n) is 0.179. The SMILES string of the molecule is CC.CC.NCNCC(=O)O. The summed E-state index contributed by atoms with van der Waals surface area (Å²) in [5, 5.41) is 10.4. The molecule has 0 bridgehead atoms. The third kappa shape index (κ3) is 44.6. The zero-order valence-corrected chi connectivity index (χ0v) is 7.85. The molecular formula is C7H20N2O2. The summed E-state index contributed by atoms with van der Waals surface area (Å²) in [7, 11) is 0. The number of nitrogens with one attached hydrogen (secondary N) is 1. The predicted octanol–water partition coefficient (Wildman–Crippen LogP) is 0.629. The molecule has 0 heterocycles. The molecule has 0 radical (unpaired) electrons. The maximum Gasteiger partial charge on any atom is 0.317 e. The highest BCUT2D eigenvalue weighted by Gasteiger charge is 1.89. The van der Waals surface area contributed by atoms with E-state index in [-0.39, 0.29) is 13.2 Å². The van der Waals surface area contributed by atoms with Crippen LogP contribution in [0.1, 0.15) is 27.7 Å². The summed E-state index contributed by atoms with van der Waals surface area (Å²) in [5.74, 6) is -0.884. The average Bonchev–Trinajstić information content (AvgIpc) is 2.08. The summed E-state index contributed by atoms with van der Waals surface area (Å²) >= 11 is 0. The lowest BCUT2D eigenvalue weighted by molar-refractivity contribution is -0.135. The Hall–Kier alpha value is -0.610. The molecule has 4 N–H and O–H groups in total. The van der Waals surface area contributed by atoms with Crippen LogP contribution in [-0.4, -0.2) is 24.3 Å². The summed E-state index contributed by atoms with van der Waals surface area (Å²) in [6.07, 6.45) is 0. The van der Waals surface area contributed by atoms with Crippen molar-refractivity contribution in [2.75, 3.05) is 13.2 Å². The van der Waals surface area contributed by atoms with Crippen LogP contribution in [0.2, 0.25) is 0 Å². The summed E-state index contributed by atoms with van der Waals surface area (Å²) < 4.78 is 0. The smallest absolute Gasteiger partial charge is 0.317 e. The van der Waals surface area contributed by atoms with Gasteiger partial charge < -0.3 is 10.8 Å². The maximum absolute atomic E-state index is 9.64. The van der Waals surface area contributed by atoms with E-state index in [4.69, 9.17) is 10.8 Å². The molecule has 0 fully saturated rings. The van der Waals surface area contributed by atoms with Gasteiger partial charge in [0.05, 0.1) is 6.54 Å². The number of aliphatic carboxylic acids is 1. The van der Waals surface area contributed by atoms with Gasteiger partial charge in [0.2, 0.25) is 0 Å². The number of carbonyl (C=O) groups is 1. The molecule has 0 rings (SSSR count). The van der Waals surface area contributed by atoms with Gasteiger partial charge in [-0.2, -0.15) is 0 Å². The van der Waals surface area contributed by atoms with Gasteiger partial charge in [-0.1, -0.05) is 27.7 Å². The van der Waals surface area contributed by atoms with Crippen LogP contribution in [0.25, 0.3) is 0 Å². The van der Waals surface area contributed by atoms with Gasteiger partial charge in [0.15, 0.2) is 0 Å². The molecule has 4 heteroatoms. The third-order valence-corrected chi connectivity index (χ3v) is 0.421. The largest absolute Gasteiger partial charge is 0.480 e. The van der Waals surface area contributed by atoms with Gasteiger partial charge >= 0.3 is 5.97 Å². The topological polar surface area (TPSA) is 75.3 Å². The second-order valence-electron chi connectivity index (χ2n) is 1.02. The Morgan fingerprint density at radius 2 is 1.73 bits per heavy atom. The Bertz CT molecular complexity index is 67.5. The van der Waals surface area contributed by atoms with Crippen LogP contribution < -0.4 is 11.1 Å². The quantitative estimate of drug-likeness (QED) is 0.535. The minimum Gasteiger partial charge on any atom is -0.480 e. The molecule has 0 aliphatic carbocycles. The predicted molar refractivity (Wildman–Crippen MR) is 47.4 cm³/mol. The Morgan fingerprint density at radius 1 is 1.36 bits per heavy atom. The Morgan fingerprint density at radius 3 is 1.82 bits per heavy atom. The molecule has 70 valence electrons. The highest BCUT2D eigenvalue weighted by molar-refractivity contribution is 5.68. The number of nitrogens with two attached hydrogens (primary N) is 1. The maximum atomic E-state index is 9.64. The molecule has 0 spiro atoms. The second-order valence-corrected chi connectivity index (χ2v) is 1.02. The first-order chi connectivity index (χ1) is 5.27. The van der Waals surface area contributed by atoms with E-state index >= 15 is 0 Å². The van der Waals surface area contributed by atoms with Crippen molar-refractivity contribution in [1.82, 2.24) is 5.32 Å². The van der Waals surface area contributed by atoms with Crippen molar-refractivity contribution >= 4 is 5.97 Å². The number of carboxylic acid groups (broad SMARTS) is 1. The van der Waals surface area contributed by atoms with E-state index in [9.17, 15) is 4.79 Å². The van der Waals surface area contributed by atoms with E-state index in [1.54, 1.807) is 0 Å². The molecule has 0 aromatic carbocycles. The van der Waals surface area contributed by atoms with Crippen molar-refractivity contribution in [3.63, 3.8) is 0 Å². The first kappa shape index (κ1) is 16.8. The van der Waals surface area contributed by atoms with Crippen LogP contribution >= 0.6 is 0 Å². The second kappa shape index (κ2) is 22.8. The zero-order valence-electron chi connectivity index (χ0n) is 7.85. The number of rotatable bonds is 3. The van der Waals surface area contributed by atoms with Gasteiger partial charge in [-0.05, 0) is 0 Å². The van der Waals surface area contributed by atoms with Crippen LogP contribution in [0.15, 0.2) is 0 Å². The fourth-order valence-corrected chi connectivity index (χ4v) is 0.179. The Labute approximate surface area is 68.8 Å². The highest BCUT2D eigenvalue weighted by atomic mass is 16.4. The van der Waals surface area contributed by atoms with Crippen LogP contribution in [0.5, 0.6) is 0 Å². The van der Waals surface area contributed by atoms with Gasteiger partial charge in [0.25, 0.3) is 0 Å². The number of hydrogen-bond donors (Lipinski definition) is 3. The zero-order chi connectivity index (χ0) is 9.70. The van der Waals surface area contributed by atoms with E-state index in [1.807, 2.05) is 27.7 Å². The van der Waals surface area contributed by atoms with Gasteiger partial charge in [-0.15, -0.1) is 0 Å². The van der Waals surface area contributed by atoms with Gasteiger partial charge in [-0.3, -0.25) is 10.1 Å². The van der Waals surface area contributed by atoms with Gasteiger partial charge in [0.1, 0.15) is 0 Å². The lowest BCUT2D eigenvalue weighted by Crippen LogP contribution is -2.27. The molecule has 0 aromatic heterocycles. The molecule has 0 saturated carbocycles. The molecule has 0 aromatic rings. The van der Waals surface area contributed by atoms with Gasteiger partial charge in [-0.25, -0.2) is 0 Å². The fraction of sp³-hybridized carbons (Fsp3) is 0.857. The van der Waals surface area contributed by atoms with Crippen LogP contribution in [0, 0.1) is 0 Å². The Balaban J connectivity index is -0.000000138. The standard InChI is InChI=1S/C3H8N2O2.2C2H6/c4-2-5-1-3(6)7;2*1-2/h5H,1-2,4H2,(H,6,7);2*1-2H3. The minimum atomic E-state index is -0.884. The van der Waals surface area contributed by atoms with E-state index in [0.717, 1.165) is 0 Å². The molecule has 11 heavy (non-hydrogen) atoms. The van der Waals surface area contributed by atoms with E-state index in [0.29, 0.717) is 0 Å². The number of hydrogen-bond acceptors (Lipinski definition) is 3. The van der Waals surface area contributed by atoms with Crippen LogP contribution in [0.4, 0.5) is 0 Å². The summed E-state index contributed by atoms with van der Waals surface area (Å²) in [6.45, 7) is 8.16. The molecule has 0 atom stereocenters. The lowest BCUT2D eigenvalue weighted by atomic mass is 10.7. The molecule has 0 saturated heterocycles. The first-order valence-corrected chi connectivity index (χ1v) is 3.90. The van der Waals surface area contributed by atoms with Crippen molar-refractivity contribution in [3.8, 4) is 0 Å². The molecule has 0 aliphatic rings. The normalized spacial score (nSPS) is 6.64. The number of carboxylic acids is 1. The summed E-state index contributed by atoms with van der Waals surface area (Å²) in [6, 6.07) is 0. The highest BCUT2D eigenvalue weighted by Crippen LogP contribution is 1.53. The van der Waals surface area contributed by atoms with Crippen molar-refractivity contribution in [2.45, 2.75) is 27.7 Å². The van der Waals surface area contributed by atoms with Crippen LogP contribution in [-0.2, 0) is 4.79 Å². The molecule has 4 nitrogen and oxygen atoms in total. The van der Waals surface area contributed by atoms with Crippen LogP contribution in [0.3, 0.4) is 0 Å². The van der Waals surface area contributed by atoms with E-state index in [2.05, 4.69) is 5.32 Å². The molecular weight excluding hydrogens is 144 g/mol. The third-order valence-electron chi connectivity index (χ3n) is 0.421. The minimum absolute atomic E-state index is 0.0590. The van der Waals surface area contributed by atoms with Crippen molar-refractivity contribution in [2.24, 2.45) is 5.73 Å². The molecule has 0 unspecified atom stereocenters. The molecule has 0 aliphatic heterocycles. The monoisotopic (exact) mass is 164 g/mol. The Kier molecular flexibility index (Phi) is 34.7. The molecule has 0 amide bonds. The van der Waals surface area contributed by atoms with Gasteiger partial charge in [0, 0.05) is 6.67 Å². The van der Waals surface area contributed by atoms with Crippen molar-refractivity contribution in [3.05, 3.63) is 0 Å². The van der Waals surface area contributed by atoms with E-state index in [1.165, 1.54) is 0 Å². The van der Waals surface area contributed by atoms with Crippen molar-refractivity contribution in [1.29, 1.82) is 0 Å². The van der Waals surface area contributed by atoms with E-state index < -0.39 is 5.97 Å².